The maximum absolute atomic E-state index is 12.9. The first-order valence-corrected chi connectivity index (χ1v) is 13.6. The van der Waals surface area contributed by atoms with Crippen LogP contribution in [-0.4, -0.2) is 23.3 Å². The molecule has 0 aromatic carbocycles. The second kappa shape index (κ2) is 7.45. The highest BCUT2D eigenvalue weighted by atomic mass is 16.6. The molecule has 1 saturated heterocycles. The second-order valence-corrected chi connectivity index (χ2v) is 13.8. The average Bonchev–Trinajstić information content (AvgIpc) is 3.14. The monoisotopic (exact) mass is 454 g/mol. The van der Waals surface area contributed by atoms with Gasteiger partial charge in [0.05, 0.1) is 12.0 Å². The number of hydrogen-bond donors (Lipinski definition) is 1. The van der Waals surface area contributed by atoms with Crippen LogP contribution in [-0.2, 0) is 9.53 Å². The zero-order valence-electron chi connectivity index (χ0n) is 22.0. The number of allylic oxidation sites excluding steroid dienone is 4. The Kier molecular flexibility index (Phi) is 5.34. The molecule has 0 spiro atoms. The van der Waals surface area contributed by atoms with Crippen molar-refractivity contribution in [2.75, 3.05) is 0 Å². The molecule has 5 unspecified atom stereocenters. The lowest BCUT2D eigenvalue weighted by molar-refractivity contribution is -0.147. The van der Waals surface area contributed by atoms with Crippen molar-refractivity contribution in [1.82, 2.24) is 0 Å². The van der Waals surface area contributed by atoms with E-state index in [4.69, 9.17) is 4.74 Å². The summed E-state index contributed by atoms with van der Waals surface area (Å²) in [7, 11) is 0. The number of ether oxygens (including phenoxy) is 1. The molecule has 0 aromatic rings. The third-order valence-corrected chi connectivity index (χ3v) is 11.9. The molecule has 1 aliphatic heterocycles. The van der Waals surface area contributed by atoms with Crippen molar-refractivity contribution in [3.8, 4) is 0 Å². The van der Waals surface area contributed by atoms with E-state index in [9.17, 15) is 9.90 Å². The van der Waals surface area contributed by atoms with Crippen LogP contribution in [0.15, 0.2) is 23.3 Å². The van der Waals surface area contributed by atoms with E-state index < -0.39 is 0 Å². The molecule has 1 heterocycles. The van der Waals surface area contributed by atoms with E-state index in [1.54, 1.807) is 5.57 Å². The summed E-state index contributed by atoms with van der Waals surface area (Å²) in [6.07, 6.45) is 13.2. The molecule has 3 heteroatoms. The van der Waals surface area contributed by atoms with Crippen LogP contribution in [0.3, 0.4) is 0 Å². The van der Waals surface area contributed by atoms with Crippen LogP contribution in [0.5, 0.6) is 0 Å². The normalized spacial score (nSPS) is 49.8. The summed E-state index contributed by atoms with van der Waals surface area (Å²) in [4.78, 5) is 12.9. The largest absolute Gasteiger partial charge is 0.462 e. The van der Waals surface area contributed by atoms with Crippen molar-refractivity contribution in [2.45, 2.75) is 112 Å². The van der Waals surface area contributed by atoms with E-state index in [0.29, 0.717) is 17.8 Å². The minimum atomic E-state index is -0.193. The van der Waals surface area contributed by atoms with Crippen molar-refractivity contribution in [1.29, 1.82) is 0 Å². The number of fused-ring (bicyclic) bond motifs is 7. The van der Waals surface area contributed by atoms with E-state index >= 15 is 0 Å². The van der Waals surface area contributed by atoms with Crippen LogP contribution < -0.4 is 0 Å². The lowest BCUT2D eigenvalue weighted by Crippen LogP contribution is -2.58. The number of carbonyl (C=O) groups is 1. The molecule has 184 valence electrons. The molecular formula is C30H46O3. The van der Waals surface area contributed by atoms with Crippen molar-refractivity contribution in [3.63, 3.8) is 0 Å². The van der Waals surface area contributed by atoms with Gasteiger partial charge < -0.3 is 9.84 Å². The highest BCUT2D eigenvalue weighted by Gasteiger charge is 2.70. The summed E-state index contributed by atoms with van der Waals surface area (Å²) in [5, 5.41) is 10.8. The molecule has 0 radical (unpaired) electrons. The quantitative estimate of drug-likeness (QED) is 0.375. The standard InChI is InChI=1S/C30H46O3/c1-18(2)9-8-10-19-25-22(33-26(19)32)17-30(7)21-11-12-23-27(3,4)24(31)14-15-28(23,5)20(21)13-16-29(25,30)6/h9,11,19-20,22-25,31H,8,10,12-17H2,1-7H3/t19?,20?,22-,23?,24+,25?,28+,29?,30-/m0/s1. The van der Waals surface area contributed by atoms with Crippen LogP contribution in [0.1, 0.15) is 99.8 Å². The number of carbonyl (C=O) groups excluding carboxylic acids is 1. The fraction of sp³-hybridized carbons (Fsp3) is 0.833. The van der Waals surface area contributed by atoms with Gasteiger partial charge in [-0.1, -0.05) is 57.9 Å². The molecule has 33 heavy (non-hydrogen) atoms. The Bertz CT molecular complexity index is 894. The Morgan fingerprint density at radius 3 is 2.58 bits per heavy atom. The summed E-state index contributed by atoms with van der Waals surface area (Å²) in [6, 6.07) is 0. The molecule has 9 atom stereocenters. The maximum Gasteiger partial charge on any atom is 0.309 e. The zero-order chi connectivity index (χ0) is 24.0. The van der Waals surface area contributed by atoms with Gasteiger partial charge in [-0.25, -0.2) is 0 Å². The number of aliphatic hydroxyl groups excluding tert-OH is 1. The third-order valence-electron chi connectivity index (χ3n) is 11.9. The molecule has 5 aliphatic rings. The van der Waals surface area contributed by atoms with E-state index in [2.05, 4.69) is 60.6 Å². The van der Waals surface area contributed by atoms with E-state index in [1.807, 2.05) is 0 Å². The molecule has 0 bridgehead atoms. The fourth-order valence-corrected chi connectivity index (χ4v) is 9.83. The van der Waals surface area contributed by atoms with Gasteiger partial charge >= 0.3 is 5.97 Å². The Morgan fingerprint density at radius 2 is 1.88 bits per heavy atom. The predicted octanol–water partition coefficient (Wildman–Crippen LogP) is 6.85. The zero-order valence-corrected chi connectivity index (χ0v) is 22.0. The molecule has 4 fully saturated rings. The van der Waals surface area contributed by atoms with Gasteiger partial charge in [0, 0.05) is 5.92 Å². The van der Waals surface area contributed by atoms with Crippen molar-refractivity contribution < 1.29 is 14.6 Å². The Labute approximate surface area is 201 Å². The van der Waals surface area contributed by atoms with Crippen LogP contribution in [0.2, 0.25) is 0 Å². The van der Waals surface area contributed by atoms with Gasteiger partial charge in [0.1, 0.15) is 6.10 Å². The molecule has 0 aromatic heterocycles. The minimum Gasteiger partial charge on any atom is -0.462 e. The van der Waals surface area contributed by atoms with E-state index in [-0.39, 0.29) is 45.8 Å². The molecule has 0 amide bonds. The van der Waals surface area contributed by atoms with Gasteiger partial charge in [0.15, 0.2) is 0 Å². The summed E-state index contributed by atoms with van der Waals surface area (Å²) < 4.78 is 6.12. The second-order valence-electron chi connectivity index (χ2n) is 13.8. The van der Waals surface area contributed by atoms with Crippen molar-refractivity contribution in [2.24, 2.45) is 45.3 Å². The summed E-state index contributed by atoms with van der Waals surface area (Å²) >= 11 is 0. The number of hydrogen-bond acceptors (Lipinski definition) is 3. The predicted molar refractivity (Wildman–Crippen MR) is 132 cm³/mol. The molecule has 4 aliphatic carbocycles. The summed E-state index contributed by atoms with van der Waals surface area (Å²) in [5.74, 6) is 1.58. The molecule has 1 N–H and O–H groups in total. The SMILES string of the molecule is CC(C)=CCCC1C(=O)O[C@H]2C[C@@]3(C)C4=CCC5C(C)(C)[C@H](O)CC[C@]5(C)C4CCC3(C)C12. The number of rotatable bonds is 3. The van der Waals surface area contributed by atoms with Gasteiger partial charge in [0.25, 0.3) is 0 Å². The molecular weight excluding hydrogens is 408 g/mol. The molecule has 5 rings (SSSR count). The smallest absolute Gasteiger partial charge is 0.309 e. The number of esters is 1. The minimum absolute atomic E-state index is 0.0333. The molecule has 3 nitrogen and oxygen atoms in total. The van der Waals surface area contributed by atoms with Crippen LogP contribution in [0.4, 0.5) is 0 Å². The van der Waals surface area contributed by atoms with Crippen LogP contribution in [0, 0.1) is 45.3 Å². The van der Waals surface area contributed by atoms with Gasteiger partial charge in [-0.05, 0) is 98.7 Å². The highest BCUT2D eigenvalue weighted by molar-refractivity contribution is 5.76. The van der Waals surface area contributed by atoms with Gasteiger partial charge in [-0.15, -0.1) is 0 Å². The lowest BCUT2D eigenvalue weighted by Gasteiger charge is -2.64. The molecule has 3 saturated carbocycles. The average molecular weight is 455 g/mol. The van der Waals surface area contributed by atoms with Crippen molar-refractivity contribution in [3.05, 3.63) is 23.3 Å². The first kappa shape index (κ1) is 23.6. The van der Waals surface area contributed by atoms with Gasteiger partial charge in [0.2, 0.25) is 0 Å². The van der Waals surface area contributed by atoms with Gasteiger partial charge in [-0.3, -0.25) is 4.79 Å². The van der Waals surface area contributed by atoms with E-state index in [1.165, 1.54) is 18.4 Å². The first-order valence-electron chi connectivity index (χ1n) is 13.6. The van der Waals surface area contributed by atoms with Gasteiger partial charge in [-0.2, -0.15) is 0 Å². The summed E-state index contributed by atoms with van der Waals surface area (Å²) in [5.41, 5.74) is 3.46. The van der Waals surface area contributed by atoms with Crippen LogP contribution in [0.25, 0.3) is 0 Å². The Balaban J connectivity index is 1.49. The highest BCUT2D eigenvalue weighted by Crippen LogP contribution is 2.74. The van der Waals surface area contributed by atoms with Crippen LogP contribution >= 0.6 is 0 Å². The summed E-state index contributed by atoms with van der Waals surface area (Å²) in [6.45, 7) is 16.4. The third kappa shape index (κ3) is 3.06. The van der Waals surface area contributed by atoms with Crippen molar-refractivity contribution >= 4 is 5.97 Å². The topological polar surface area (TPSA) is 46.5 Å². The Hall–Kier alpha value is -1.09. The Morgan fingerprint density at radius 1 is 1.15 bits per heavy atom. The van der Waals surface area contributed by atoms with E-state index in [0.717, 1.165) is 38.5 Å². The first-order chi connectivity index (χ1) is 15.4. The maximum atomic E-state index is 12.9. The lowest BCUT2D eigenvalue weighted by atomic mass is 9.41. The number of aliphatic hydroxyl groups is 1. The fourth-order valence-electron chi connectivity index (χ4n) is 9.83.